The molecule has 0 saturated carbocycles. The van der Waals surface area contributed by atoms with Crippen LogP contribution in [0.1, 0.15) is 6.92 Å². The van der Waals surface area contributed by atoms with Gasteiger partial charge in [-0.05, 0) is 6.92 Å². The SMILES string of the molecule is CC1(F)C(N)=NC(=O)NC1N. The summed E-state index contributed by atoms with van der Waals surface area (Å²) < 4.78 is 13.2. The summed E-state index contributed by atoms with van der Waals surface area (Å²) in [6.07, 6.45) is -1.12. The predicted octanol–water partition coefficient (Wildman–Crippen LogP) is -0.920. The minimum absolute atomic E-state index is 0.381. The van der Waals surface area contributed by atoms with Gasteiger partial charge in [0.25, 0.3) is 0 Å². The van der Waals surface area contributed by atoms with Crippen LogP contribution in [0.15, 0.2) is 4.99 Å². The summed E-state index contributed by atoms with van der Waals surface area (Å²) in [4.78, 5) is 13.7. The lowest BCUT2D eigenvalue weighted by Crippen LogP contribution is -2.63. The summed E-state index contributed by atoms with van der Waals surface area (Å²) in [7, 11) is 0. The number of nitrogens with one attached hydrogen (secondary N) is 1. The summed E-state index contributed by atoms with van der Waals surface area (Å²) in [5.74, 6) is -0.381. The number of aliphatic imine (C=N–C) groups is 1. The molecule has 5 nitrogen and oxygen atoms in total. The van der Waals surface area contributed by atoms with Crippen molar-refractivity contribution >= 4 is 11.9 Å². The van der Waals surface area contributed by atoms with Gasteiger partial charge in [0.1, 0.15) is 12.0 Å². The van der Waals surface area contributed by atoms with Gasteiger partial charge in [0.15, 0.2) is 5.67 Å². The van der Waals surface area contributed by atoms with E-state index < -0.39 is 17.9 Å². The molecule has 11 heavy (non-hydrogen) atoms. The minimum Gasteiger partial charge on any atom is -0.384 e. The first-order chi connectivity index (χ1) is 4.94. The lowest BCUT2D eigenvalue weighted by Gasteiger charge is -2.29. The number of hydrogen-bond acceptors (Lipinski definition) is 3. The fourth-order valence-corrected chi connectivity index (χ4v) is 0.679. The number of alkyl halides is 1. The van der Waals surface area contributed by atoms with Crippen molar-refractivity contribution in [1.82, 2.24) is 5.32 Å². The molecule has 0 bridgehead atoms. The Kier molecular flexibility index (Phi) is 1.56. The van der Waals surface area contributed by atoms with Gasteiger partial charge in [-0.2, -0.15) is 4.99 Å². The third-order valence-corrected chi connectivity index (χ3v) is 1.59. The quantitative estimate of drug-likeness (QED) is 0.427. The lowest BCUT2D eigenvalue weighted by molar-refractivity contribution is 0.190. The Morgan fingerprint density at radius 3 is 2.82 bits per heavy atom. The molecular weight excluding hydrogens is 151 g/mol. The van der Waals surface area contributed by atoms with Crippen LogP contribution in [0.25, 0.3) is 0 Å². The number of amidine groups is 1. The fourth-order valence-electron chi connectivity index (χ4n) is 0.679. The third kappa shape index (κ3) is 1.16. The van der Waals surface area contributed by atoms with E-state index in [-0.39, 0.29) is 5.84 Å². The van der Waals surface area contributed by atoms with Gasteiger partial charge in [-0.15, -0.1) is 0 Å². The number of carbonyl (C=O) groups excluding carboxylic acids is 1. The molecule has 0 aliphatic carbocycles. The highest BCUT2D eigenvalue weighted by Gasteiger charge is 2.40. The van der Waals surface area contributed by atoms with E-state index in [1.54, 1.807) is 0 Å². The van der Waals surface area contributed by atoms with Crippen molar-refractivity contribution in [2.45, 2.75) is 18.8 Å². The molecule has 0 aromatic carbocycles. The Bertz CT molecular complexity index is 225. The van der Waals surface area contributed by atoms with Crippen LogP contribution in [0.2, 0.25) is 0 Å². The number of urea groups is 1. The van der Waals surface area contributed by atoms with Gasteiger partial charge in [0, 0.05) is 0 Å². The molecule has 5 N–H and O–H groups in total. The van der Waals surface area contributed by atoms with Gasteiger partial charge in [-0.25, -0.2) is 9.18 Å². The summed E-state index contributed by atoms with van der Waals surface area (Å²) >= 11 is 0. The standard InChI is InChI=1S/C5H9FN4O/c1-5(6)2(7)9-4(11)10-3(5)8/h2H,7H2,1H3,(H3,8,9,10,11). The number of rotatable bonds is 0. The first-order valence-corrected chi connectivity index (χ1v) is 3.04. The molecule has 0 radical (unpaired) electrons. The van der Waals surface area contributed by atoms with Gasteiger partial charge < -0.3 is 16.8 Å². The van der Waals surface area contributed by atoms with Crippen LogP contribution in [0, 0.1) is 0 Å². The van der Waals surface area contributed by atoms with Crippen molar-refractivity contribution in [3.8, 4) is 0 Å². The normalized spacial score (nSPS) is 37.9. The summed E-state index contributed by atoms with van der Waals surface area (Å²) in [5.41, 5.74) is 8.40. The van der Waals surface area contributed by atoms with Crippen LogP contribution < -0.4 is 16.8 Å². The van der Waals surface area contributed by atoms with Crippen molar-refractivity contribution in [3.05, 3.63) is 0 Å². The van der Waals surface area contributed by atoms with E-state index in [0.717, 1.165) is 6.92 Å². The molecule has 2 unspecified atom stereocenters. The molecular formula is C5H9FN4O. The Hall–Kier alpha value is -1.17. The van der Waals surface area contributed by atoms with E-state index in [2.05, 4.69) is 10.3 Å². The number of nitrogens with zero attached hydrogens (tertiary/aromatic N) is 1. The van der Waals surface area contributed by atoms with Crippen molar-refractivity contribution in [1.29, 1.82) is 0 Å². The van der Waals surface area contributed by atoms with Crippen molar-refractivity contribution < 1.29 is 9.18 Å². The molecule has 0 fully saturated rings. The smallest absolute Gasteiger partial charge is 0.344 e. The second-order valence-electron chi connectivity index (χ2n) is 2.50. The second-order valence-corrected chi connectivity index (χ2v) is 2.50. The molecule has 1 heterocycles. The van der Waals surface area contributed by atoms with Gasteiger partial charge in [0.2, 0.25) is 0 Å². The Balaban J connectivity index is 2.99. The second kappa shape index (κ2) is 2.16. The van der Waals surface area contributed by atoms with Gasteiger partial charge in [0.05, 0.1) is 0 Å². The van der Waals surface area contributed by atoms with Crippen LogP contribution in [-0.4, -0.2) is 23.7 Å². The first kappa shape index (κ1) is 7.93. The Morgan fingerprint density at radius 1 is 1.82 bits per heavy atom. The van der Waals surface area contributed by atoms with Crippen molar-refractivity contribution in [2.24, 2.45) is 16.5 Å². The average Bonchev–Trinajstić information content (AvgIpc) is 1.84. The maximum absolute atomic E-state index is 13.2. The zero-order valence-electron chi connectivity index (χ0n) is 5.97. The molecule has 6 heteroatoms. The van der Waals surface area contributed by atoms with Crippen molar-refractivity contribution in [2.75, 3.05) is 0 Å². The largest absolute Gasteiger partial charge is 0.384 e. The molecule has 1 rings (SSSR count). The molecule has 0 aromatic rings. The van der Waals surface area contributed by atoms with Crippen LogP contribution in [0.3, 0.4) is 0 Å². The van der Waals surface area contributed by atoms with Gasteiger partial charge >= 0.3 is 6.03 Å². The molecule has 2 amide bonds. The number of amides is 2. The molecule has 1 aliphatic heterocycles. The molecule has 0 saturated heterocycles. The van der Waals surface area contributed by atoms with Crippen LogP contribution in [-0.2, 0) is 0 Å². The van der Waals surface area contributed by atoms with E-state index in [0.29, 0.717) is 0 Å². The zero-order chi connectivity index (χ0) is 8.65. The lowest BCUT2D eigenvalue weighted by atomic mass is 10.0. The highest BCUT2D eigenvalue weighted by molar-refractivity contribution is 6.00. The van der Waals surface area contributed by atoms with E-state index in [1.807, 2.05) is 0 Å². The van der Waals surface area contributed by atoms with E-state index >= 15 is 0 Å². The Labute approximate surface area is 62.6 Å². The van der Waals surface area contributed by atoms with Gasteiger partial charge in [-0.1, -0.05) is 0 Å². The Morgan fingerprint density at radius 2 is 2.36 bits per heavy atom. The monoisotopic (exact) mass is 160 g/mol. The average molecular weight is 160 g/mol. The number of halogens is 1. The summed E-state index contributed by atoms with van der Waals surface area (Å²) in [6, 6.07) is -0.704. The highest BCUT2D eigenvalue weighted by atomic mass is 19.1. The van der Waals surface area contributed by atoms with E-state index in [9.17, 15) is 9.18 Å². The van der Waals surface area contributed by atoms with Crippen LogP contribution >= 0.6 is 0 Å². The topological polar surface area (TPSA) is 93.5 Å². The molecule has 1 aliphatic rings. The predicted molar refractivity (Wildman–Crippen MR) is 37.6 cm³/mol. The van der Waals surface area contributed by atoms with Crippen LogP contribution in [0.5, 0.6) is 0 Å². The van der Waals surface area contributed by atoms with E-state index in [4.69, 9.17) is 11.5 Å². The van der Waals surface area contributed by atoms with E-state index in [1.165, 1.54) is 0 Å². The number of hydrogen-bond donors (Lipinski definition) is 3. The van der Waals surface area contributed by atoms with Crippen molar-refractivity contribution in [3.63, 3.8) is 0 Å². The maximum atomic E-state index is 13.2. The van der Waals surface area contributed by atoms with Crippen LogP contribution in [0.4, 0.5) is 9.18 Å². The fraction of sp³-hybridized carbons (Fsp3) is 0.600. The maximum Gasteiger partial charge on any atom is 0.344 e. The first-order valence-electron chi connectivity index (χ1n) is 3.04. The zero-order valence-corrected chi connectivity index (χ0v) is 5.97. The molecule has 0 spiro atoms. The molecule has 0 aromatic heterocycles. The summed E-state index contributed by atoms with van der Waals surface area (Å²) in [6.45, 7) is 1.16. The third-order valence-electron chi connectivity index (χ3n) is 1.59. The highest BCUT2D eigenvalue weighted by Crippen LogP contribution is 2.15. The minimum atomic E-state index is -1.95. The summed E-state index contributed by atoms with van der Waals surface area (Å²) in [5, 5.41) is 2.10. The number of carbonyl (C=O) groups is 1. The molecule has 2 atom stereocenters. The number of nitrogens with two attached hydrogens (primary N) is 2. The van der Waals surface area contributed by atoms with Gasteiger partial charge in [-0.3, -0.25) is 0 Å². The molecule has 62 valence electrons.